The fourth-order valence-corrected chi connectivity index (χ4v) is 3.91. The van der Waals surface area contributed by atoms with Gasteiger partial charge in [0, 0.05) is 29.4 Å². The van der Waals surface area contributed by atoms with Crippen molar-refractivity contribution >= 4 is 39.9 Å². The second kappa shape index (κ2) is 7.03. The summed E-state index contributed by atoms with van der Waals surface area (Å²) in [7, 11) is 0. The van der Waals surface area contributed by atoms with Crippen molar-refractivity contribution in [1.82, 2.24) is 15.0 Å². The summed E-state index contributed by atoms with van der Waals surface area (Å²) in [5.41, 5.74) is 9.74. The van der Waals surface area contributed by atoms with E-state index >= 15 is 0 Å². The highest BCUT2D eigenvalue weighted by Gasteiger charge is 2.25. The molecular weight excluding hydrogens is 405 g/mol. The Balaban J connectivity index is 1.62. The largest absolute Gasteiger partial charge is 0.364 e. The number of rotatable bonds is 3. The minimum Gasteiger partial charge on any atom is -0.364 e. The number of pyridine rings is 1. The first-order valence-electron chi connectivity index (χ1n) is 9.28. The number of hydrogen-bond donors (Lipinski definition) is 1. The minimum atomic E-state index is -0.571. The van der Waals surface area contributed by atoms with Crippen LogP contribution in [0.5, 0.6) is 0 Å². The summed E-state index contributed by atoms with van der Waals surface area (Å²) in [5, 5.41) is 0.933. The molecule has 8 heteroatoms. The van der Waals surface area contributed by atoms with Crippen LogP contribution in [0.2, 0.25) is 5.02 Å². The summed E-state index contributed by atoms with van der Waals surface area (Å²) >= 11 is 6.03. The number of anilines is 2. The molecule has 2 aromatic heterocycles. The van der Waals surface area contributed by atoms with Gasteiger partial charge in [0.15, 0.2) is 0 Å². The number of benzene rings is 2. The Morgan fingerprint density at radius 1 is 1.07 bits per heavy atom. The molecular formula is C22H15ClFN5O. The predicted octanol–water partition coefficient (Wildman–Crippen LogP) is 4.28. The van der Waals surface area contributed by atoms with Gasteiger partial charge in [0.25, 0.3) is 5.91 Å². The molecule has 2 aromatic carbocycles. The summed E-state index contributed by atoms with van der Waals surface area (Å²) in [6.07, 6.45) is 3.83. The topological polar surface area (TPSA) is 85.0 Å². The Kier molecular flexibility index (Phi) is 4.33. The first-order valence-corrected chi connectivity index (χ1v) is 9.65. The lowest BCUT2D eigenvalue weighted by molar-refractivity contribution is 0.0995. The van der Waals surface area contributed by atoms with Gasteiger partial charge in [-0.05, 0) is 47.9 Å². The minimum absolute atomic E-state index is 0.0836. The van der Waals surface area contributed by atoms with Gasteiger partial charge in [-0.15, -0.1) is 0 Å². The summed E-state index contributed by atoms with van der Waals surface area (Å²) in [4.78, 5) is 26.3. The van der Waals surface area contributed by atoms with Crippen molar-refractivity contribution in [2.24, 2.45) is 5.73 Å². The van der Waals surface area contributed by atoms with E-state index in [4.69, 9.17) is 17.3 Å². The van der Waals surface area contributed by atoms with E-state index in [1.807, 2.05) is 23.1 Å². The summed E-state index contributed by atoms with van der Waals surface area (Å²) in [5.74, 6) is -0.262. The van der Waals surface area contributed by atoms with Crippen LogP contribution in [-0.2, 0) is 6.42 Å². The molecule has 0 radical (unpaired) electrons. The van der Waals surface area contributed by atoms with Gasteiger partial charge in [0.1, 0.15) is 23.7 Å². The first kappa shape index (κ1) is 18.4. The molecule has 30 heavy (non-hydrogen) atoms. The molecule has 5 rings (SSSR count). The molecule has 0 atom stereocenters. The number of aromatic nitrogens is 3. The number of amides is 1. The average molecular weight is 420 g/mol. The number of halogens is 2. The standard InChI is InChI=1S/C22H15ClFN5O/c23-16-9-20-13(8-17(16)24)5-6-29(20)22-15-7-12(1-3-18(15)27-11-28-22)14-2-4-19(21(25)30)26-10-14/h1-4,7-11H,5-6H2,(H2,25,30). The molecule has 0 bridgehead atoms. The molecule has 2 N–H and O–H groups in total. The van der Waals surface area contributed by atoms with E-state index < -0.39 is 11.7 Å². The molecule has 1 aliphatic rings. The lowest BCUT2D eigenvalue weighted by atomic mass is 10.0. The maximum absolute atomic E-state index is 13.9. The van der Waals surface area contributed by atoms with Crippen LogP contribution in [0.4, 0.5) is 15.9 Å². The zero-order valence-electron chi connectivity index (χ0n) is 15.6. The highest BCUT2D eigenvalue weighted by molar-refractivity contribution is 6.31. The lowest BCUT2D eigenvalue weighted by Gasteiger charge is -2.20. The maximum atomic E-state index is 13.9. The molecule has 0 fully saturated rings. The van der Waals surface area contributed by atoms with E-state index in [1.54, 1.807) is 24.4 Å². The third-order valence-corrected chi connectivity index (χ3v) is 5.53. The van der Waals surface area contributed by atoms with E-state index in [9.17, 15) is 9.18 Å². The molecule has 4 aromatic rings. The molecule has 0 unspecified atom stereocenters. The van der Waals surface area contributed by atoms with Gasteiger partial charge >= 0.3 is 0 Å². The number of fused-ring (bicyclic) bond motifs is 2. The van der Waals surface area contributed by atoms with Crippen molar-refractivity contribution < 1.29 is 9.18 Å². The van der Waals surface area contributed by atoms with Crippen LogP contribution in [0.3, 0.4) is 0 Å². The van der Waals surface area contributed by atoms with Crippen molar-refractivity contribution in [3.05, 3.63) is 77.1 Å². The van der Waals surface area contributed by atoms with Crippen LogP contribution in [0, 0.1) is 5.82 Å². The highest BCUT2D eigenvalue weighted by Crippen LogP contribution is 2.39. The van der Waals surface area contributed by atoms with Crippen LogP contribution < -0.4 is 10.6 Å². The van der Waals surface area contributed by atoms with Crippen LogP contribution >= 0.6 is 11.6 Å². The van der Waals surface area contributed by atoms with Gasteiger partial charge in [0.2, 0.25) is 0 Å². The second-order valence-electron chi connectivity index (χ2n) is 7.02. The van der Waals surface area contributed by atoms with Gasteiger partial charge in [-0.3, -0.25) is 9.78 Å². The molecule has 1 aliphatic heterocycles. The highest BCUT2D eigenvalue weighted by atomic mass is 35.5. The number of primary amides is 1. The van der Waals surface area contributed by atoms with Crippen LogP contribution in [0.1, 0.15) is 16.1 Å². The van der Waals surface area contributed by atoms with E-state index in [2.05, 4.69) is 15.0 Å². The Morgan fingerprint density at radius 3 is 2.67 bits per heavy atom. The molecule has 0 saturated heterocycles. The third-order valence-electron chi connectivity index (χ3n) is 5.24. The monoisotopic (exact) mass is 419 g/mol. The smallest absolute Gasteiger partial charge is 0.267 e. The first-order chi connectivity index (χ1) is 14.5. The molecule has 1 amide bonds. The number of hydrogen-bond acceptors (Lipinski definition) is 5. The van der Waals surface area contributed by atoms with Crippen LogP contribution in [0.25, 0.3) is 22.0 Å². The zero-order chi connectivity index (χ0) is 20.8. The summed E-state index contributed by atoms with van der Waals surface area (Å²) in [6, 6.07) is 12.3. The van der Waals surface area contributed by atoms with Crippen LogP contribution in [0.15, 0.2) is 55.0 Å². The van der Waals surface area contributed by atoms with Gasteiger partial charge in [0.05, 0.1) is 10.5 Å². The fraction of sp³-hybridized carbons (Fsp3) is 0.0909. The van der Waals surface area contributed by atoms with Gasteiger partial charge < -0.3 is 10.6 Å². The molecule has 3 heterocycles. The number of nitrogens with zero attached hydrogens (tertiary/aromatic N) is 4. The van der Waals surface area contributed by atoms with Crippen molar-refractivity contribution in [2.75, 3.05) is 11.4 Å². The van der Waals surface area contributed by atoms with E-state index in [1.165, 1.54) is 12.4 Å². The Morgan fingerprint density at radius 2 is 1.90 bits per heavy atom. The summed E-state index contributed by atoms with van der Waals surface area (Å²) < 4.78 is 13.9. The Labute approximate surface area is 176 Å². The quantitative estimate of drug-likeness (QED) is 0.535. The normalized spacial score (nSPS) is 12.9. The average Bonchev–Trinajstić information content (AvgIpc) is 3.15. The van der Waals surface area contributed by atoms with Crippen molar-refractivity contribution in [3.8, 4) is 11.1 Å². The van der Waals surface area contributed by atoms with Crippen LogP contribution in [-0.4, -0.2) is 27.4 Å². The van der Waals surface area contributed by atoms with Gasteiger partial charge in [-0.1, -0.05) is 23.7 Å². The fourth-order valence-electron chi connectivity index (χ4n) is 3.75. The Hall–Kier alpha value is -3.58. The van der Waals surface area contributed by atoms with E-state index in [-0.39, 0.29) is 10.7 Å². The third kappa shape index (κ3) is 3.04. The van der Waals surface area contributed by atoms with Crippen molar-refractivity contribution in [3.63, 3.8) is 0 Å². The van der Waals surface area contributed by atoms with Crippen molar-refractivity contribution in [1.29, 1.82) is 0 Å². The Bertz CT molecular complexity index is 1310. The summed E-state index contributed by atoms with van der Waals surface area (Å²) in [6.45, 7) is 0.667. The molecule has 0 saturated carbocycles. The van der Waals surface area contributed by atoms with E-state index in [0.29, 0.717) is 13.0 Å². The van der Waals surface area contributed by atoms with Gasteiger partial charge in [-0.2, -0.15) is 0 Å². The number of carbonyl (C=O) groups excluding carboxylic acids is 1. The lowest BCUT2D eigenvalue weighted by Crippen LogP contribution is -2.15. The zero-order valence-corrected chi connectivity index (χ0v) is 16.4. The molecule has 148 valence electrons. The SMILES string of the molecule is NC(=O)c1ccc(-c2ccc3ncnc(N4CCc5cc(F)c(Cl)cc54)c3c2)cn1. The maximum Gasteiger partial charge on any atom is 0.267 e. The number of carbonyl (C=O) groups is 1. The van der Waals surface area contributed by atoms with Crippen molar-refractivity contribution in [2.45, 2.75) is 6.42 Å². The predicted molar refractivity (Wildman–Crippen MR) is 113 cm³/mol. The van der Waals surface area contributed by atoms with E-state index in [0.717, 1.165) is 39.1 Å². The number of nitrogens with two attached hydrogens (primary N) is 1. The molecule has 0 spiro atoms. The molecule has 0 aliphatic carbocycles. The second-order valence-corrected chi connectivity index (χ2v) is 7.43. The molecule has 6 nitrogen and oxygen atoms in total. The van der Waals surface area contributed by atoms with Gasteiger partial charge in [-0.25, -0.2) is 14.4 Å².